The van der Waals surface area contributed by atoms with Gasteiger partial charge in [0.2, 0.25) is 0 Å². The van der Waals surface area contributed by atoms with Crippen molar-refractivity contribution in [2.24, 2.45) is 5.73 Å². The average molecular weight is 478 g/mol. The third kappa shape index (κ3) is 16.4. The highest BCUT2D eigenvalue weighted by atomic mass is 31.2. The summed E-state index contributed by atoms with van der Waals surface area (Å²) < 4.78 is 17.7. The summed E-state index contributed by atoms with van der Waals surface area (Å²) in [5, 5.41) is 19.9. The predicted molar refractivity (Wildman–Crippen MR) is 135 cm³/mol. The Morgan fingerprint density at radius 3 is 1.88 bits per heavy atom. The maximum absolute atomic E-state index is 12.4. The summed E-state index contributed by atoms with van der Waals surface area (Å²) in [5.41, 5.74) is 4.48. The van der Waals surface area contributed by atoms with Crippen LogP contribution in [0.2, 0.25) is 0 Å². The van der Waals surface area contributed by atoms with Gasteiger partial charge < -0.3 is 20.8 Å². The SMILES string of the molecule is CCCCCCCC/C=C\CCCCCCCCC(O)(CC)OP(=O)(O)C(CO)CCN. The molecule has 0 aromatic carbocycles. The van der Waals surface area contributed by atoms with E-state index in [9.17, 15) is 19.7 Å². The van der Waals surface area contributed by atoms with Gasteiger partial charge in [-0.25, -0.2) is 0 Å². The Labute approximate surface area is 197 Å². The minimum absolute atomic E-state index is 0.179. The molecule has 7 heteroatoms. The van der Waals surface area contributed by atoms with Gasteiger partial charge in [-0.2, -0.15) is 0 Å². The highest BCUT2D eigenvalue weighted by molar-refractivity contribution is 7.53. The summed E-state index contributed by atoms with van der Waals surface area (Å²) in [5.74, 6) is -1.63. The molecule has 5 N–H and O–H groups in total. The lowest BCUT2D eigenvalue weighted by Crippen LogP contribution is -2.33. The quantitative estimate of drug-likeness (QED) is 0.0584. The van der Waals surface area contributed by atoms with Crippen LogP contribution < -0.4 is 5.73 Å². The van der Waals surface area contributed by atoms with Crippen LogP contribution in [-0.4, -0.2) is 39.7 Å². The molecule has 0 aliphatic carbocycles. The van der Waals surface area contributed by atoms with Gasteiger partial charge in [0, 0.05) is 6.42 Å². The Kier molecular flexibility index (Phi) is 20.0. The minimum atomic E-state index is -4.13. The first-order valence-electron chi connectivity index (χ1n) is 13.1. The van der Waals surface area contributed by atoms with Crippen LogP contribution in [0.4, 0.5) is 0 Å². The molecule has 0 aliphatic heterocycles. The molecule has 0 aromatic heterocycles. The zero-order chi connectivity index (χ0) is 24.1. The van der Waals surface area contributed by atoms with Crippen molar-refractivity contribution in [2.45, 2.75) is 134 Å². The maximum atomic E-state index is 12.4. The van der Waals surface area contributed by atoms with E-state index in [0.717, 1.165) is 32.1 Å². The molecule has 0 fully saturated rings. The van der Waals surface area contributed by atoms with Crippen molar-refractivity contribution in [1.29, 1.82) is 0 Å². The largest absolute Gasteiger partial charge is 0.395 e. The first-order chi connectivity index (χ1) is 15.3. The van der Waals surface area contributed by atoms with E-state index in [2.05, 4.69) is 19.1 Å². The molecule has 0 saturated carbocycles. The molecule has 32 heavy (non-hydrogen) atoms. The van der Waals surface area contributed by atoms with Gasteiger partial charge in [-0.05, 0) is 51.5 Å². The molecule has 0 aliphatic rings. The Morgan fingerprint density at radius 1 is 0.906 bits per heavy atom. The number of allylic oxidation sites excluding steroid dienone is 2. The number of hydrogen-bond acceptors (Lipinski definition) is 5. The fourth-order valence-electron chi connectivity index (χ4n) is 3.80. The molecule has 0 radical (unpaired) electrons. The number of hydrogen-bond donors (Lipinski definition) is 4. The second-order valence-electron chi connectivity index (χ2n) is 9.06. The van der Waals surface area contributed by atoms with Crippen LogP contribution in [0.3, 0.4) is 0 Å². The van der Waals surface area contributed by atoms with E-state index in [1.54, 1.807) is 6.92 Å². The van der Waals surface area contributed by atoms with Gasteiger partial charge >= 0.3 is 7.60 Å². The van der Waals surface area contributed by atoms with E-state index in [4.69, 9.17) is 10.3 Å². The molecule has 6 nitrogen and oxygen atoms in total. The molecule has 0 aromatic rings. The van der Waals surface area contributed by atoms with Crippen LogP contribution in [0.25, 0.3) is 0 Å². The first kappa shape index (κ1) is 31.8. The Bertz CT molecular complexity index is 503. The lowest BCUT2D eigenvalue weighted by atomic mass is 10.0. The van der Waals surface area contributed by atoms with Crippen molar-refractivity contribution in [3.8, 4) is 0 Å². The van der Waals surface area contributed by atoms with Crippen LogP contribution in [0, 0.1) is 0 Å². The van der Waals surface area contributed by atoms with Crippen molar-refractivity contribution >= 4 is 7.60 Å². The maximum Gasteiger partial charge on any atom is 0.336 e. The van der Waals surface area contributed by atoms with Crippen molar-refractivity contribution in [3.05, 3.63) is 12.2 Å². The van der Waals surface area contributed by atoms with E-state index in [-0.39, 0.29) is 19.4 Å². The van der Waals surface area contributed by atoms with Gasteiger partial charge in [-0.1, -0.05) is 83.8 Å². The van der Waals surface area contributed by atoms with E-state index in [1.165, 1.54) is 57.8 Å². The van der Waals surface area contributed by atoms with Gasteiger partial charge in [-0.3, -0.25) is 9.09 Å². The first-order valence-corrected chi connectivity index (χ1v) is 14.7. The Morgan fingerprint density at radius 2 is 1.41 bits per heavy atom. The molecule has 0 spiro atoms. The minimum Gasteiger partial charge on any atom is -0.395 e. The molecule has 0 saturated heterocycles. The molecular formula is C25H52NO5P. The molecule has 3 atom stereocenters. The molecular weight excluding hydrogens is 425 g/mol. The Balaban J connectivity index is 3.84. The lowest BCUT2D eigenvalue weighted by molar-refractivity contribution is -0.151. The molecule has 192 valence electrons. The second kappa shape index (κ2) is 20.2. The van der Waals surface area contributed by atoms with Crippen LogP contribution in [0.1, 0.15) is 123 Å². The van der Waals surface area contributed by atoms with Crippen LogP contribution in [0.15, 0.2) is 12.2 Å². The topological polar surface area (TPSA) is 113 Å². The molecule has 0 rings (SSSR count). The van der Waals surface area contributed by atoms with E-state index in [0.29, 0.717) is 6.42 Å². The Hall–Kier alpha value is -0.230. The predicted octanol–water partition coefficient (Wildman–Crippen LogP) is 6.42. The van der Waals surface area contributed by atoms with Gasteiger partial charge in [-0.15, -0.1) is 0 Å². The summed E-state index contributed by atoms with van der Waals surface area (Å²) in [6.45, 7) is 3.68. The van der Waals surface area contributed by atoms with E-state index < -0.39 is 25.6 Å². The molecule has 0 heterocycles. The van der Waals surface area contributed by atoms with Crippen LogP contribution in [0.5, 0.6) is 0 Å². The summed E-state index contributed by atoms with van der Waals surface area (Å²) in [6.07, 6.45) is 22.2. The third-order valence-corrected chi connectivity index (χ3v) is 8.05. The monoisotopic (exact) mass is 477 g/mol. The summed E-state index contributed by atoms with van der Waals surface area (Å²) in [4.78, 5) is 10.2. The van der Waals surface area contributed by atoms with Crippen LogP contribution >= 0.6 is 7.60 Å². The lowest BCUT2D eigenvalue weighted by Gasteiger charge is -2.32. The normalized spacial score (nSPS) is 16.8. The van der Waals surface area contributed by atoms with E-state index in [1.807, 2.05) is 0 Å². The zero-order valence-electron chi connectivity index (χ0n) is 20.8. The molecule has 0 amide bonds. The highest BCUT2D eigenvalue weighted by Gasteiger charge is 2.40. The number of aliphatic hydroxyl groups is 2. The molecule has 3 unspecified atom stereocenters. The fourth-order valence-corrected chi connectivity index (χ4v) is 5.34. The van der Waals surface area contributed by atoms with Gasteiger partial charge in [0.15, 0.2) is 5.79 Å². The number of unbranched alkanes of at least 4 members (excludes halogenated alkanes) is 12. The fraction of sp³-hybridized carbons (Fsp3) is 0.920. The molecule has 0 bridgehead atoms. The van der Waals surface area contributed by atoms with Crippen molar-refractivity contribution in [3.63, 3.8) is 0 Å². The highest BCUT2D eigenvalue weighted by Crippen LogP contribution is 2.52. The zero-order valence-corrected chi connectivity index (χ0v) is 21.7. The van der Waals surface area contributed by atoms with Crippen molar-refractivity contribution in [2.75, 3.05) is 13.2 Å². The van der Waals surface area contributed by atoms with E-state index >= 15 is 0 Å². The summed E-state index contributed by atoms with van der Waals surface area (Å²) in [7, 11) is -4.13. The van der Waals surface area contributed by atoms with Crippen molar-refractivity contribution in [1.82, 2.24) is 0 Å². The van der Waals surface area contributed by atoms with Gasteiger partial charge in [0.25, 0.3) is 0 Å². The number of nitrogens with two attached hydrogens (primary N) is 1. The standard InChI is InChI=1S/C25H52NO5P/c1-3-5-6-7-8-9-10-11-12-13-14-15-16-17-18-19-21-25(28,4-2)31-32(29,30)24(23-27)20-22-26/h11-12,24,27-28H,3-10,13-23,26H2,1-2H3,(H,29,30)/b12-11-. The van der Waals surface area contributed by atoms with Gasteiger partial charge in [0.05, 0.1) is 12.3 Å². The summed E-state index contributed by atoms with van der Waals surface area (Å²) >= 11 is 0. The second-order valence-corrected chi connectivity index (χ2v) is 11.1. The number of rotatable bonds is 23. The third-order valence-electron chi connectivity index (χ3n) is 6.10. The van der Waals surface area contributed by atoms with Crippen molar-refractivity contribution < 1.29 is 24.2 Å². The van der Waals surface area contributed by atoms with Gasteiger partial charge in [0.1, 0.15) is 0 Å². The number of aliphatic hydroxyl groups excluding tert-OH is 1. The average Bonchev–Trinajstić information content (AvgIpc) is 2.76. The van der Waals surface area contributed by atoms with Crippen LogP contribution in [-0.2, 0) is 9.09 Å². The summed E-state index contributed by atoms with van der Waals surface area (Å²) in [6, 6.07) is 0. The smallest absolute Gasteiger partial charge is 0.336 e.